The first kappa shape index (κ1) is 22.7. The number of ether oxygens (including phenoxy) is 1. The SMILES string of the molecule is CN(C)CCn1ccc2ccc(NC(=O)C3(N)CCOCC3)cc21.Cl.Cl. The molecule has 3 N–H and O–H groups in total. The number of fused-ring (bicyclic) bond motifs is 1. The van der Waals surface area contributed by atoms with Gasteiger partial charge in [-0.3, -0.25) is 4.79 Å². The van der Waals surface area contributed by atoms with Crippen molar-refractivity contribution in [3.63, 3.8) is 0 Å². The van der Waals surface area contributed by atoms with Crippen molar-refractivity contribution in [1.82, 2.24) is 9.47 Å². The first-order valence-corrected chi connectivity index (χ1v) is 8.40. The van der Waals surface area contributed by atoms with Gasteiger partial charge in [0.05, 0.1) is 5.52 Å². The highest BCUT2D eigenvalue weighted by atomic mass is 35.5. The Morgan fingerprint density at radius 2 is 1.96 bits per heavy atom. The van der Waals surface area contributed by atoms with Crippen molar-refractivity contribution in [2.45, 2.75) is 24.9 Å². The van der Waals surface area contributed by atoms with E-state index in [1.165, 1.54) is 5.39 Å². The molecule has 0 bridgehead atoms. The third kappa shape index (κ3) is 5.11. The quantitative estimate of drug-likeness (QED) is 0.805. The summed E-state index contributed by atoms with van der Waals surface area (Å²) in [6, 6.07) is 8.08. The molecule has 1 saturated heterocycles. The van der Waals surface area contributed by atoms with Gasteiger partial charge in [0.1, 0.15) is 5.54 Å². The number of benzene rings is 1. The lowest BCUT2D eigenvalue weighted by Crippen LogP contribution is -2.54. The standard InChI is InChI=1S/C18H26N4O2.2ClH/c1-21(2)9-10-22-8-5-14-3-4-15(13-16(14)22)20-17(23)18(19)6-11-24-12-7-18;;/h3-5,8,13H,6-7,9-12,19H2,1-2H3,(H,20,23);2*1H. The van der Waals surface area contributed by atoms with E-state index in [4.69, 9.17) is 10.5 Å². The van der Waals surface area contributed by atoms with Crippen LogP contribution in [0.5, 0.6) is 0 Å². The number of carbonyl (C=O) groups excluding carboxylic acids is 1. The molecule has 1 fully saturated rings. The maximum absolute atomic E-state index is 12.6. The molecule has 0 atom stereocenters. The zero-order chi connectivity index (χ0) is 17.2. The summed E-state index contributed by atoms with van der Waals surface area (Å²) >= 11 is 0. The minimum absolute atomic E-state index is 0. The van der Waals surface area contributed by atoms with Crippen LogP contribution in [0.25, 0.3) is 10.9 Å². The summed E-state index contributed by atoms with van der Waals surface area (Å²) < 4.78 is 7.51. The maximum Gasteiger partial charge on any atom is 0.244 e. The van der Waals surface area contributed by atoms with Gasteiger partial charge in [0.2, 0.25) is 5.91 Å². The van der Waals surface area contributed by atoms with E-state index < -0.39 is 5.54 Å². The predicted octanol–water partition coefficient (Wildman–Crippen LogP) is 2.49. The molecule has 3 rings (SSSR count). The van der Waals surface area contributed by atoms with Crippen molar-refractivity contribution in [2.75, 3.05) is 39.2 Å². The van der Waals surface area contributed by atoms with Crippen LogP contribution in [0.4, 0.5) is 5.69 Å². The van der Waals surface area contributed by atoms with E-state index in [9.17, 15) is 4.79 Å². The van der Waals surface area contributed by atoms with Gasteiger partial charge in [-0.1, -0.05) is 6.07 Å². The molecular formula is C18H28Cl2N4O2. The van der Waals surface area contributed by atoms with Gasteiger partial charge in [0, 0.05) is 38.2 Å². The van der Waals surface area contributed by atoms with Crippen molar-refractivity contribution in [1.29, 1.82) is 0 Å². The summed E-state index contributed by atoms with van der Waals surface area (Å²) in [5.74, 6) is -0.128. The van der Waals surface area contributed by atoms with Gasteiger partial charge in [-0.05, 0) is 50.5 Å². The number of nitrogens with two attached hydrogens (primary N) is 1. The van der Waals surface area contributed by atoms with Crippen LogP contribution < -0.4 is 11.1 Å². The van der Waals surface area contributed by atoms with E-state index in [0.717, 1.165) is 24.3 Å². The summed E-state index contributed by atoms with van der Waals surface area (Å²) in [7, 11) is 4.12. The molecule has 26 heavy (non-hydrogen) atoms. The number of halogens is 2. The molecule has 6 nitrogen and oxygen atoms in total. The van der Waals surface area contributed by atoms with E-state index >= 15 is 0 Å². The van der Waals surface area contributed by atoms with Gasteiger partial charge in [0.25, 0.3) is 0 Å². The van der Waals surface area contributed by atoms with Gasteiger partial charge in [-0.2, -0.15) is 0 Å². The highest BCUT2D eigenvalue weighted by molar-refractivity contribution is 5.99. The number of carbonyl (C=O) groups is 1. The first-order chi connectivity index (χ1) is 11.5. The van der Waals surface area contributed by atoms with Gasteiger partial charge in [0.15, 0.2) is 0 Å². The Morgan fingerprint density at radius 1 is 1.27 bits per heavy atom. The molecule has 1 aliphatic heterocycles. The van der Waals surface area contributed by atoms with Crippen LogP contribution in [-0.4, -0.2) is 54.8 Å². The second-order valence-electron chi connectivity index (χ2n) is 6.81. The number of hydrogen-bond donors (Lipinski definition) is 2. The van der Waals surface area contributed by atoms with Crippen molar-refractivity contribution in [2.24, 2.45) is 5.73 Å². The molecule has 146 valence electrons. The van der Waals surface area contributed by atoms with Crippen LogP contribution in [0.2, 0.25) is 0 Å². The lowest BCUT2D eigenvalue weighted by molar-refractivity contribution is -0.124. The van der Waals surface area contributed by atoms with Gasteiger partial charge in [-0.25, -0.2) is 0 Å². The van der Waals surface area contributed by atoms with Crippen LogP contribution in [-0.2, 0) is 16.1 Å². The zero-order valence-corrected chi connectivity index (χ0v) is 16.9. The summed E-state index contributed by atoms with van der Waals surface area (Å²) in [4.78, 5) is 14.7. The monoisotopic (exact) mass is 402 g/mol. The fourth-order valence-electron chi connectivity index (χ4n) is 2.98. The minimum atomic E-state index is -0.833. The number of aromatic nitrogens is 1. The average Bonchev–Trinajstić information content (AvgIpc) is 2.96. The number of amides is 1. The van der Waals surface area contributed by atoms with E-state index in [1.54, 1.807) is 0 Å². The number of nitrogens with zero attached hydrogens (tertiary/aromatic N) is 2. The molecule has 1 aromatic heterocycles. The number of likely N-dealkylation sites (N-methyl/N-ethyl adjacent to an activating group) is 1. The molecule has 1 aromatic carbocycles. The molecule has 0 aliphatic carbocycles. The Bertz CT molecular complexity index is 727. The smallest absolute Gasteiger partial charge is 0.244 e. The third-order valence-corrected chi connectivity index (χ3v) is 4.66. The van der Waals surface area contributed by atoms with Gasteiger partial charge < -0.3 is 25.3 Å². The normalized spacial score (nSPS) is 16.0. The topological polar surface area (TPSA) is 72.5 Å². The number of nitrogens with one attached hydrogen (secondary N) is 1. The van der Waals surface area contributed by atoms with Gasteiger partial charge in [-0.15, -0.1) is 24.8 Å². The molecular weight excluding hydrogens is 375 g/mol. The van der Waals surface area contributed by atoms with Crippen molar-refractivity contribution in [3.8, 4) is 0 Å². The van der Waals surface area contributed by atoms with E-state index in [0.29, 0.717) is 26.1 Å². The minimum Gasteiger partial charge on any atom is -0.381 e. The molecule has 0 unspecified atom stereocenters. The molecule has 1 amide bonds. The molecule has 0 saturated carbocycles. The van der Waals surface area contributed by atoms with Crippen LogP contribution in [0.3, 0.4) is 0 Å². The Balaban J connectivity index is 0.00000169. The zero-order valence-electron chi connectivity index (χ0n) is 15.2. The lowest BCUT2D eigenvalue weighted by Gasteiger charge is -2.31. The first-order valence-electron chi connectivity index (χ1n) is 8.40. The molecule has 1 aliphatic rings. The number of rotatable bonds is 5. The number of hydrogen-bond acceptors (Lipinski definition) is 4. The number of anilines is 1. The van der Waals surface area contributed by atoms with E-state index in [2.05, 4.69) is 41.1 Å². The Kier molecular flexibility index (Phi) is 8.37. The second kappa shape index (κ2) is 9.58. The van der Waals surface area contributed by atoms with Crippen LogP contribution >= 0.6 is 24.8 Å². The fraction of sp³-hybridized carbons (Fsp3) is 0.500. The molecule has 0 radical (unpaired) electrons. The maximum atomic E-state index is 12.6. The fourth-order valence-corrected chi connectivity index (χ4v) is 2.98. The summed E-state index contributed by atoms with van der Waals surface area (Å²) in [5, 5.41) is 4.15. The summed E-state index contributed by atoms with van der Waals surface area (Å²) in [5.41, 5.74) is 7.32. The molecule has 2 heterocycles. The molecule has 2 aromatic rings. The Morgan fingerprint density at radius 3 is 2.62 bits per heavy atom. The van der Waals surface area contributed by atoms with Crippen molar-refractivity contribution < 1.29 is 9.53 Å². The van der Waals surface area contributed by atoms with Gasteiger partial charge >= 0.3 is 0 Å². The largest absolute Gasteiger partial charge is 0.381 e. The molecule has 8 heteroatoms. The highest BCUT2D eigenvalue weighted by Gasteiger charge is 2.35. The highest BCUT2D eigenvalue weighted by Crippen LogP contribution is 2.23. The third-order valence-electron chi connectivity index (χ3n) is 4.66. The van der Waals surface area contributed by atoms with Crippen molar-refractivity contribution in [3.05, 3.63) is 30.5 Å². The van der Waals surface area contributed by atoms with Crippen LogP contribution in [0, 0.1) is 0 Å². The lowest BCUT2D eigenvalue weighted by atomic mass is 9.90. The second-order valence-corrected chi connectivity index (χ2v) is 6.81. The molecule has 0 spiro atoms. The van der Waals surface area contributed by atoms with Crippen LogP contribution in [0.1, 0.15) is 12.8 Å². The van der Waals surface area contributed by atoms with E-state index in [1.807, 2.05) is 18.2 Å². The predicted molar refractivity (Wildman–Crippen MR) is 111 cm³/mol. The van der Waals surface area contributed by atoms with E-state index in [-0.39, 0.29) is 30.7 Å². The Hall–Kier alpha value is -1.31. The van der Waals surface area contributed by atoms with Crippen molar-refractivity contribution >= 4 is 47.3 Å². The summed E-state index contributed by atoms with van der Waals surface area (Å²) in [6.07, 6.45) is 3.20. The van der Waals surface area contributed by atoms with Crippen LogP contribution in [0.15, 0.2) is 30.5 Å². The Labute approximate surface area is 166 Å². The summed E-state index contributed by atoms with van der Waals surface area (Å²) in [6.45, 7) is 2.95. The average molecular weight is 403 g/mol.